The van der Waals surface area contributed by atoms with Gasteiger partial charge in [0.1, 0.15) is 6.54 Å². The predicted molar refractivity (Wildman–Crippen MR) is 60.3 cm³/mol. The third kappa shape index (κ3) is 3.72. The van der Waals surface area contributed by atoms with Crippen LogP contribution >= 0.6 is 0 Å². The summed E-state index contributed by atoms with van der Waals surface area (Å²) in [4.78, 5) is 25.9. The molecule has 0 bridgehead atoms. The van der Waals surface area contributed by atoms with Gasteiger partial charge in [0, 0.05) is 19.6 Å². The van der Waals surface area contributed by atoms with Crippen molar-refractivity contribution in [2.75, 3.05) is 26.2 Å². The van der Waals surface area contributed by atoms with Crippen LogP contribution in [0, 0.1) is 0 Å². The molecule has 1 N–H and O–H groups in total. The van der Waals surface area contributed by atoms with Gasteiger partial charge in [-0.3, -0.25) is 4.79 Å². The molecule has 0 spiro atoms. The van der Waals surface area contributed by atoms with E-state index in [-0.39, 0.29) is 12.6 Å². The number of carbonyl (C=O) groups is 2. The first-order chi connectivity index (χ1) is 7.65. The number of hydrogen-bond acceptors (Lipinski definition) is 2. The van der Waals surface area contributed by atoms with E-state index in [1.54, 1.807) is 4.90 Å². The van der Waals surface area contributed by atoms with Crippen LogP contribution in [0.1, 0.15) is 32.6 Å². The second kappa shape index (κ2) is 6.35. The summed E-state index contributed by atoms with van der Waals surface area (Å²) < 4.78 is 0. The van der Waals surface area contributed by atoms with Crippen LogP contribution in [0.5, 0.6) is 0 Å². The molecule has 5 nitrogen and oxygen atoms in total. The van der Waals surface area contributed by atoms with Crippen LogP contribution in [0.3, 0.4) is 0 Å². The van der Waals surface area contributed by atoms with Gasteiger partial charge in [-0.2, -0.15) is 0 Å². The summed E-state index contributed by atoms with van der Waals surface area (Å²) in [7, 11) is 0. The largest absolute Gasteiger partial charge is 0.480 e. The number of nitrogens with zero attached hydrogens (tertiary/aromatic N) is 2. The first-order valence-electron chi connectivity index (χ1n) is 5.90. The zero-order valence-electron chi connectivity index (χ0n) is 9.81. The molecule has 0 radical (unpaired) electrons. The lowest BCUT2D eigenvalue weighted by Crippen LogP contribution is -2.47. The highest BCUT2D eigenvalue weighted by Crippen LogP contribution is 2.11. The minimum Gasteiger partial charge on any atom is -0.480 e. The van der Waals surface area contributed by atoms with Gasteiger partial charge in [-0.15, -0.1) is 0 Å². The lowest BCUT2D eigenvalue weighted by Gasteiger charge is -2.32. The molecule has 16 heavy (non-hydrogen) atoms. The van der Waals surface area contributed by atoms with E-state index in [4.69, 9.17) is 5.11 Å². The SMILES string of the molecule is CCCN(CC(=O)O)C(=O)N1CCCCC1. The molecule has 0 aromatic carbocycles. The topological polar surface area (TPSA) is 60.9 Å². The second-order valence-corrected chi connectivity index (χ2v) is 4.15. The molecule has 0 aromatic heterocycles. The van der Waals surface area contributed by atoms with E-state index in [9.17, 15) is 9.59 Å². The molecular weight excluding hydrogens is 208 g/mol. The van der Waals surface area contributed by atoms with Crippen molar-refractivity contribution in [1.29, 1.82) is 0 Å². The van der Waals surface area contributed by atoms with E-state index in [0.717, 1.165) is 38.8 Å². The average molecular weight is 228 g/mol. The van der Waals surface area contributed by atoms with Crippen molar-refractivity contribution in [3.63, 3.8) is 0 Å². The van der Waals surface area contributed by atoms with Crippen LogP contribution in [0.15, 0.2) is 0 Å². The van der Waals surface area contributed by atoms with Crippen LogP contribution in [-0.2, 0) is 4.79 Å². The lowest BCUT2D eigenvalue weighted by atomic mass is 10.1. The molecule has 1 saturated heterocycles. The van der Waals surface area contributed by atoms with Gasteiger partial charge < -0.3 is 14.9 Å². The van der Waals surface area contributed by atoms with Gasteiger partial charge in [0.15, 0.2) is 0 Å². The zero-order valence-corrected chi connectivity index (χ0v) is 9.81. The molecule has 1 aliphatic heterocycles. The summed E-state index contributed by atoms with van der Waals surface area (Å²) in [6.07, 6.45) is 4.00. The summed E-state index contributed by atoms with van der Waals surface area (Å²) in [5, 5.41) is 8.75. The number of amides is 2. The number of rotatable bonds is 4. The minimum atomic E-state index is -0.946. The Labute approximate surface area is 96.0 Å². The van der Waals surface area contributed by atoms with E-state index in [2.05, 4.69) is 0 Å². The molecule has 1 heterocycles. The van der Waals surface area contributed by atoms with Gasteiger partial charge in [-0.1, -0.05) is 6.92 Å². The van der Waals surface area contributed by atoms with Crippen LogP contribution in [0.25, 0.3) is 0 Å². The van der Waals surface area contributed by atoms with Crippen molar-refractivity contribution < 1.29 is 14.7 Å². The number of piperidine rings is 1. The Morgan fingerprint density at radius 1 is 1.25 bits per heavy atom. The third-order valence-electron chi connectivity index (χ3n) is 2.72. The van der Waals surface area contributed by atoms with Gasteiger partial charge in [0.2, 0.25) is 0 Å². The fourth-order valence-electron chi connectivity index (χ4n) is 1.96. The van der Waals surface area contributed by atoms with E-state index in [1.807, 2.05) is 6.92 Å². The van der Waals surface area contributed by atoms with E-state index in [0.29, 0.717) is 6.54 Å². The smallest absolute Gasteiger partial charge is 0.323 e. The fraction of sp³-hybridized carbons (Fsp3) is 0.818. The average Bonchev–Trinajstić information content (AvgIpc) is 2.28. The number of likely N-dealkylation sites (tertiary alicyclic amines) is 1. The Morgan fingerprint density at radius 3 is 2.38 bits per heavy atom. The Morgan fingerprint density at radius 2 is 1.88 bits per heavy atom. The van der Waals surface area contributed by atoms with Gasteiger partial charge >= 0.3 is 12.0 Å². The van der Waals surface area contributed by atoms with Crippen LogP contribution in [0.2, 0.25) is 0 Å². The number of carbonyl (C=O) groups excluding carboxylic acids is 1. The summed E-state index contributed by atoms with van der Waals surface area (Å²) >= 11 is 0. The monoisotopic (exact) mass is 228 g/mol. The van der Waals surface area contributed by atoms with Gasteiger partial charge in [-0.05, 0) is 25.7 Å². The van der Waals surface area contributed by atoms with Crippen LogP contribution in [-0.4, -0.2) is 53.1 Å². The third-order valence-corrected chi connectivity index (χ3v) is 2.72. The van der Waals surface area contributed by atoms with E-state index < -0.39 is 5.97 Å². The fourth-order valence-corrected chi connectivity index (χ4v) is 1.96. The first-order valence-corrected chi connectivity index (χ1v) is 5.90. The van der Waals surface area contributed by atoms with Crippen molar-refractivity contribution in [2.24, 2.45) is 0 Å². The summed E-state index contributed by atoms with van der Waals surface area (Å²) in [5.41, 5.74) is 0. The normalized spacial score (nSPS) is 15.9. The van der Waals surface area contributed by atoms with Crippen molar-refractivity contribution in [3.05, 3.63) is 0 Å². The highest BCUT2D eigenvalue weighted by molar-refractivity contribution is 5.80. The van der Waals surface area contributed by atoms with Crippen molar-refractivity contribution in [2.45, 2.75) is 32.6 Å². The van der Waals surface area contributed by atoms with Crippen molar-refractivity contribution in [3.8, 4) is 0 Å². The minimum absolute atomic E-state index is 0.121. The number of hydrogen-bond donors (Lipinski definition) is 1. The Hall–Kier alpha value is -1.26. The Balaban J connectivity index is 2.54. The molecule has 1 fully saturated rings. The number of carboxylic acids is 1. The molecule has 92 valence electrons. The molecule has 2 amide bonds. The molecule has 5 heteroatoms. The molecule has 1 aliphatic rings. The number of carboxylic acid groups (broad SMARTS) is 1. The second-order valence-electron chi connectivity index (χ2n) is 4.15. The maximum absolute atomic E-state index is 12.0. The molecular formula is C11H20N2O3. The molecule has 1 rings (SSSR count). The van der Waals surface area contributed by atoms with E-state index in [1.165, 1.54) is 4.90 Å². The Bertz CT molecular complexity index is 250. The standard InChI is InChI=1S/C11H20N2O3/c1-2-6-13(9-10(14)15)11(16)12-7-4-3-5-8-12/h2-9H2,1H3,(H,14,15). The number of urea groups is 1. The quantitative estimate of drug-likeness (QED) is 0.791. The lowest BCUT2D eigenvalue weighted by molar-refractivity contribution is -0.137. The van der Waals surface area contributed by atoms with Crippen LogP contribution in [0.4, 0.5) is 4.79 Å². The van der Waals surface area contributed by atoms with E-state index >= 15 is 0 Å². The summed E-state index contributed by atoms with van der Waals surface area (Å²) in [5.74, 6) is -0.946. The van der Waals surface area contributed by atoms with Gasteiger partial charge in [-0.25, -0.2) is 4.79 Å². The highest BCUT2D eigenvalue weighted by Gasteiger charge is 2.23. The number of aliphatic carboxylic acids is 1. The first kappa shape index (κ1) is 12.8. The summed E-state index contributed by atoms with van der Waals surface area (Å²) in [6.45, 7) is 3.79. The maximum atomic E-state index is 12.0. The maximum Gasteiger partial charge on any atom is 0.323 e. The van der Waals surface area contributed by atoms with Crippen LogP contribution < -0.4 is 0 Å². The van der Waals surface area contributed by atoms with Crippen molar-refractivity contribution in [1.82, 2.24) is 9.80 Å². The van der Waals surface area contributed by atoms with Crippen molar-refractivity contribution >= 4 is 12.0 Å². The zero-order chi connectivity index (χ0) is 12.0. The van der Waals surface area contributed by atoms with Gasteiger partial charge in [0.25, 0.3) is 0 Å². The van der Waals surface area contributed by atoms with Gasteiger partial charge in [0.05, 0.1) is 0 Å². The molecule has 0 aromatic rings. The molecule has 0 atom stereocenters. The summed E-state index contributed by atoms with van der Waals surface area (Å²) in [6, 6.07) is -0.121. The predicted octanol–water partition coefficient (Wildman–Crippen LogP) is 1.39. The molecule has 0 unspecified atom stereocenters. The molecule has 0 saturated carbocycles. The Kier molecular flexibility index (Phi) is 5.08. The molecule has 0 aliphatic carbocycles. The highest BCUT2D eigenvalue weighted by atomic mass is 16.4.